The molecule has 0 saturated heterocycles. The van der Waals surface area contributed by atoms with E-state index in [9.17, 15) is 5.11 Å². The van der Waals surface area contributed by atoms with E-state index in [1.165, 1.54) is 0 Å². The van der Waals surface area contributed by atoms with Gasteiger partial charge in [0.15, 0.2) is 5.88 Å². The lowest BCUT2D eigenvalue weighted by Gasteiger charge is -2.05. The summed E-state index contributed by atoms with van der Waals surface area (Å²) in [5.74, 6) is 0.0517. The summed E-state index contributed by atoms with van der Waals surface area (Å²) >= 11 is 0. The molecule has 1 aromatic heterocycles. The third-order valence-corrected chi connectivity index (χ3v) is 4.09. The van der Waals surface area contributed by atoms with Crippen molar-refractivity contribution in [3.8, 4) is 5.88 Å². The Morgan fingerprint density at radius 2 is 1.88 bits per heavy atom. The van der Waals surface area contributed by atoms with E-state index in [4.69, 9.17) is 9.94 Å². The highest BCUT2D eigenvalue weighted by atomic mass is 16.6. The molecule has 0 aliphatic carbocycles. The average molecular weight is 335 g/mol. The quantitative estimate of drug-likeness (QED) is 0.494. The summed E-state index contributed by atoms with van der Waals surface area (Å²) in [5, 5.41) is 24.4. The van der Waals surface area contributed by atoms with E-state index in [0.29, 0.717) is 30.0 Å². The molecule has 0 spiro atoms. The monoisotopic (exact) mass is 335 g/mol. The zero-order valence-corrected chi connectivity index (χ0v) is 13.4. The molecule has 2 aromatic carbocycles. The van der Waals surface area contributed by atoms with Crippen molar-refractivity contribution in [2.45, 2.75) is 6.42 Å². The second-order valence-electron chi connectivity index (χ2n) is 5.72. The molecule has 0 unspecified atom stereocenters. The number of hydrogen-bond donors (Lipinski definition) is 3. The Morgan fingerprint density at radius 3 is 2.76 bits per heavy atom. The highest BCUT2D eigenvalue weighted by molar-refractivity contribution is 6.58. The molecule has 0 bridgehead atoms. The van der Waals surface area contributed by atoms with E-state index in [2.05, 4.69) is 15.1 Å². The zero-order valence-electron chi connectivity index (χ0n) is 13.4. The summed E-state index contributed by atoms with van der Waals surface area (Å²) < 4.78 is 0. The summed E-state index contributed by atoms with van der Waals surface area (Å²) in [6, 6.07) is 15.3. The van der Waals surface area contributed by atoms with Crippen molar-refractivity contribution in [3.63, 3.8) is 0 Å². The summed E-state index contributed by atoms with van der Waals surface area (Å²) in [4.78, 5) is 13.0. The van der Waals surface area contributed by atoms with Crippen molar-refractivity contribution in [1.82, 2.24) is 4.98 Å². The first-order chi connectivity index (χ1) is 12.3. The third kappa shape index (κ3) is 2.66. The maximum Gasteiger partial charge on any atom is 0.199 e. The van der Waals surface area contributed by atoms with Crippen LogP contribution in [0.25, 0.3) is 10.9 Å². The van der Waals surface area contributed by atoms with E-state index < -0.39 is 0 Å². The molecule has 6 nitrogen and oxygen atoms in total. The number of nitrogens with zero attached hydrogens (tertiary/aromatic N) is 2. The fraction of sp³-hybridized carbons (Fsp3) is 0.158. The molecular formula is C19H17N3O3. The predicted molar refractivity (Wildman–Crippen MR) is 96.8 cm³/mol. The van der Waals surface area contributed by atoms with Gasteiger partial charge in [0.2, 0.25) is 0 Å². The maximum absolute atomic E-state index is 10.4. The number of aliphatic hydroxyl groups is 1. The largest absolute Gasteiger partial charge is 0.494 e. The molecule has 0 radical (unpaired) electrons. The highest BCUT2D eigenvalue weighted by Crippen LogP contribution is 2.35. The van der Waals surface area contributed by atoms with Gasteiger partial charge in [-0.05, 0) is 12.1 Å². The van der Waals surface area contributed by atoms with Crippen LogP contribution >= 0.6 is 0 Å². The van der Waals surface area contributed by atoms with Crippen LogP contribution in [0.15, 0.2) is 58.7 Å². The van der Waals surface area contributed by atoms with Crippen molar-refractivity contribution >= 4 is 28.0 Å². The predicted octanol–water partition coefficient (Wildman–Crippen LogP) is 3.11. The standard InChI is InChI=1S/C19H17N3O3/c23-10-5-11-25-22-17-13-7-2-4-9-15(13)20-18(17)16-12-6-1-3-8-14(12)21-19(16)24/h1-4,6-9,21,23-24H,5,10-11H2/b22-17-. The first-order valence-corrected chi connectivity index (χ1v) is 8.09. The molecule has 0 atom stereocenters. The molecule has 3 N–H and O–H groups in total. The Morgan fingerprint density at radius 1 is 1.08 bits per heavy atom. The van der Waals surface area contributed by atoms with E-state index in [0.717, 1.165) is 22.2 Å². The van der Waals surface area contributed by atoms with Crippen LogP contribution in [0.5, 0.6) is 5.88 Å². The van der Waals surface area contributed by atoms with Gasteiger partial charge < -0.3 is 20.0 Å². The highest BCUT2D eigenvalue weighted by Gasteiger charge is 2.28. The van der Waals surface area contributed by atoms with E-state index >= 15 is 0 Å². The number of aromatic amines is 1. The van der Waals surface area contributed by atoms with Gasteiger partial charge >= 0.3 is 0 Å². The molecule has 2 heterocycles. The van der Waals surface area contributed by atoms with Crippen LogP contribution in [0.3, 0.4) is 0 Å². The number of fused-ring (bicyclic) bond motifs is 2. The van der Waals surface area contributed by atoms with Crippen LogP contribution in [0.1, 0.15) is 17.5 Å². The summed E-state index contributed by atoms with van der Waals surface area (Å²) in [7, 11) is 0. The number of hydrogen-bond acceptors (Lipinski definition) is 5. The van der Waals surface area contributed by atoms with Crippen molar-refractivity contribution in [3.05, 3.63) is 59.7 Å². The lowest BCUT2D eigenvalue weighted by molar-refractivity contribution is 0.124. The minimum Gasteiger partial charge on any atom is -0.494 e. The molecule has 25 heavy (non-hydrogen) atoms. The zero-order chi connectivity index (χ0) is 17.2. The number of nitrogens with one attached hydrogen (secondary N) is 1. The lowest BCUT2D eigenvalue weighted by atomic mass is 10.0. The number of aliphatic imine (C=N–C) groups is 1. The van der Waals surface area contributed by atoms with Crippen LogP contribution in [0.4, 0.5) is 5.69 Å². The molecular weight excluding hydrogens is 318 g/mol. The van der Waals surface area contributed by atoms with Crippen molar-refractivity contribution < 1.29 is 15.1 Å². The fourth-order valence-electron chi connectivity index (χ4n) is 2.95. The number of aromatic nitrogens is 1. The molecule has 0 amide bonds. The topological polar surface area (TPSA) is 90.2 Å². The van der Waals surface area contributed by atoms with Crippen molar-refractivity contribution in [2.24, 2.45) is 10.1 Å². The second-order valence-corrected chi connectivity index (χ2v) is 5.72. The van der Waals surface area contributed by atoms with Crippen LogP contribution in [-0.4, -0.2) is 39.8 Å². The van der Waals surface area contributed by atoms with Gasteiger partial charge in [0.1, 0.15) is 18.0 Å². The number of benzene rings is 2. The molecule has 1 aliphatic rings. The van der Waals surface area contributed by atoms with E-state index in [1.54, 1.807) is 0 Å². The number of rotatable bonds is 5. The van der Waals surface area contributed by atoms with Gasteiger partial charge in [-0.2, -0.15) is 0 Å². The third-order valence-electron chi connectivity index (χ3n) is 4.09. The molecule has 1 aliphatic heterocycles. The van der Waals surface area contributed by atoms with Crippen LogP contribution in [0.2, 0.25) is 0 Å². The van der Waals surface area contributed by atoms with Gasteiger partial charge in [0, 0.05) is 29.5 Å². The van der Waals surface area contributed by atoms with Gasteiger partial charge in [-0.3, -0.25) is 0 Å². The van der Waals surface area contributed by atoms with E-state index in [1.807, 2.05) is 48.5 Å². The second kappa shape index (κ2) is 6.41. The molecule has 0 saturated carbocycles. The molecule has 6 heteroatoms. The average Bonchev–Trinajstić information content (AvgIpc) is 3.15. The first kappa shape index (κ1) is 15.4. The summed E-state index contributed by atoms with van der Waals surface area (Å²) in [6.07, 6.45) is 0.503. The minimum atomic E-state index is 0.0472. The first-order valence-electron chi connectivity index (χ1n) is 8.09. The Hall–Kier alpha value is -3.12. The lowest BCUT2D eigenvalue weighted by Crippen LogP contribution is -2.13. The van der Waals surface area contributed by atoms with Crippen LogP contribution < -0.4 is 0 Å². The summed E-state index contributed by atoms with van der Waals surface area (Å²) in [5.41, 5.74) is 4.22. The van der Waals surface area contributed by atoms with Crippen molar-refractivity contribution in [2.75, 3.05) is 13.2 Å². The summed E-state index contributed by atoms with van der Waals surface area (Å²) in [6.45, 7) is 0.362. The van der Waals surface area contributed by atoms with Crippen molar-refractivity contribution in [1.29, 1.82) is 0 Å². The van der Waals surface area contributed by atoms with Gasteiger partial charge in [0.05, 0.1) is 11.3 Å². The number of para-hydroxylation sites is 2. The normalized spacial score (nSPS) is 14.8. The molecule has 3 aromatic rings. The van der Waals surface area contributed by atoms with Gasteiger partial charge in [-0.25, -0.2) is 4.99 Å². The molecule has 4 rings (SSSR count). The molecule has 126 valence electrons. The maximum atomic E-state index is 10.4. The Balaban J connectivity index is 1.83. The smallest absolute Gasteiger partial charge is 0.199 e. The number of oxime groups is 1. The fourth-order valence-corrected chi connectivity index (χ4v) is 2.95. The molecule has 0 fully saturated rings. The Labute approximate surface area is 144 Å². The van der Waals surface area contributed by atoms with Gasteiger partial charge in [-0.1, -0.05) is 41.6 Å². The van der Waals surface area contributed by atoms with E-state index in [-0.39, 0.29) is 12.5 Å². The minimum absolute atomic E-state index is 0.0472. The van der Waals surface area contributed by atoms with Gasteiger partial charge in [-0.15, -0.1) is 0 Å². The van der Waals surface area contributed by atoms with Crippen LogP contribution in [-0.2, 0) is 4.84 Å². The Bertz CT molecular complexity index is 988. The SMILES string of the molecule is OCCCO/N=C1\C(c2c(O)[nH]c3ccccc23)=Nc2ccccc21. The van der Waals surface area contributed by atoms with Gasteiger partial charge in [0.25, 0.3) is 0 Å². The number of aliphatic hydroxyl groups excluding tert-OH is 1. The number of H-pyrrole nitrogens is 1. The van der Waals surface area contributed by atoms with Crippen LogP contribution in [0, 0.1) is 0 Å². The Kier molecular flexibility index (Phi) is 3.95. The number of aromatic hydroxyl groups is 1.